The van der Waals surface area contributed by atoms with Crippen molar-refractivity contribution >= 4 is 23.7 Å². The lowest BCUT2D eigenvalue weighted by atomic mass is 9.94. The molecule has 2 aromatic rings. The van der Waals surface area contributed by atoms with Crippen LogP contribution in [-0.4, -0.2) is 32.5 Å². The average Bonchev–Trinajstić information content (AvgIpc) is 2.82. The van der Waals surface area contributed by atoms with Crippen molar-refractivity contribution in [3.8, 4) is 17.2 Å². The predicted octanol–water partition coefficient (Wildman–Crippen LogP) is 5.24. The SMILES string of the molecule is CCC(C(=O)/C=C/c1cccc(OC)c1)C(=O)/C=C/c1ccc(OC)c(OCN=[N+]=[N-])c1. The van der Waals surface area contributed by atoms with Crippen LogP contribution in [0.15, 0.2) is 59.7 Å². The van der Waals surface area contributed by atoms with Crippen LogP contribution in [0.4, 0.5) is 0 Å². The number of benzene rings is 2. The smallest absolute Gasteiger partial charge is 0.167 e. The standard InChI is InChI=1S/C24H25N3O5/c1-4-20(21(28)11-8-17-6-5-7-19(14-17)30-2)22(29)12-9-18-10-13-23(31-3)24(15-18)32-16-26-27-25/h5-15,20H,4,16H2,1-3H3/b11-8+,12-9+. The second-order valence-electron chi connectivity index (χ2n) is 6.62. The molecule has 32 heavy (non-hydrogen) atoms. The van der Waals surface area contributed by atoms with E-state index in [1.54, 1.807) is 50.5 Å². The maximum atomic E-state index is 12.6. The van der Waals surface area contributed by atoms with E-state index in [-0.39, 0.29) is 18.3 Å². The first kappa shape index (κ1) is 24.2. The Bertz CT molecular complexity index is 1060. The van der Waals surface area contributed by atoms with Crippen molar-refractivity contribution < 1.29 is 23.8 Å². The van der Waals surface area contributed by atoms with Gasteiger partial charge < -0.3 is 14.2 Å². The topological polar surface area (TPSA) is 111 Å². The Morgan fingerprint density at radius 3 is 2.28 bits per heavy atom. The van der Waals surface area contributed by atoms with Crippen molar-refractivity contribution in [2.75, 3.05) is 21.0 Å². The Labute approximate surface area is 186 Å². The van der Waals surface area contributed by atoms with Gasteiger partial charge in [-0.05, 0) is 59.5 Å². The van der Waals surface area contributed by atoms with Gasteiger partial charge in [-0.15, -0.1) is 0 Å². The first-order valence-electron chi connectivity index (χ1n) is 9.92. The van der Waals surface area contributed by atoms with Crippen LogP contribution < -0.4 is 14.2 Å². The molecule has 0 heterocycles. The van der Waals surface area contributed by atoms with Gasteiger partial charge in [0.05, 0.1) is 20.1 Å². The number of azide groups is 1. The second-order valence-corrected chi connectivity index (χ2v) is 6.62. The van der Waals surface area contributed by atoms with E-state index in [9.17, 15) is 9.59 Å². The molecular formula is C24H25N3O5. The maximum Gasteiger partial charge on any atom is 0.167 e. The van der Waals surface area contributed by atoms with Gasteiger partial charge in [0.25, 0.3) is 0 Å². The number of carbonyl (C=O) groups excluding carboxylic acids is 2. The number of allylic oxidation sites excluding steroid dienone is 2. The lowest BCUT2D eigenvalue weighted by Gasteiger charge is -2.10. The Kier molecular flexibility index (Phi) is 9.56. The fraction of sp³-hybridized carbons (Fsp3) is 0.250. The molecule has 1 unspecified atom stereocenters. The summed E-state index contributed by atoms with van der Waals surface area (Å²) >= 11 is 0. The molecule has 0 aliphatic rings. The highest BCUT2D eigenvalue weighted by molar-refractivity contribution is 6.13. The number of methoxy groups -OCH3 is 2. The van der Waals surface area contributed by atoms with E-state index in [1.165, 1.54) is 19.3 Å². The fourth-order valence-corrected chi connectivity index (χ4v) is 2.91. The molecule has 0 radical (unpaired) electrons. The summed E-state index contributed by atoms with van der Waals surface area (Å²) in [4.78, 5) is 27.9. The van der Waals surface area contributed by atoms with E-state index < -0.39 is 5.92 Å². The van der Waals surface area contributed by atoms with Gasteiger partial charge in [0.1, 0.15) is 5.75 Å². The van der Waals surface area contributed by atoms with Crippen LogP contribution in [0, 0.1) is 5.92 Å². The largest absolute Gasteiger partial charge is 0.497 e. The molecule has 0 saturated heterocycles. The van der Waals surface area contributed by atoms with Gasteiger partial charge in [-0.3, -0.25) is 9.59 Å². The zero-order chi connectivity index (χ0) is 23.3. The summed E-state index contributed by atoms with van der Waals surface area (Å²) in [5.41, 5.74) is 9.86. The second kappa shape index (κ2) is 12.6. The van der Waals surface area contributed by atoms with Crippen LogP contribution >= 0.6 is 0 Å². The molecule has 0 bridgehead atoms. The van der Waals surface area contributed by atoms with E-state index in [4.69, 9.17) is 19.7 Å². The van der Waals surface area contributed by atoms with Crippen LogP contribution in [0.1, 0.15) is 24.5 Å². The third-order valence-corrected chi connectivity index (χ3v) is 4.60. The van der Waals surface area contributed by atoms with Gasteiger partial charge in [0, 0.05) is 4.91 Å². The van der Waals surface area contributed by atoms with Crippen LogP contribution in [0.25, 0.3) is 22.6 Å². The Morgan fingerprint density at radius 2 is 1.69 bits per heavy atom. The van der Waals surface area contributed by atoms with E-state index in [1.807, 2.05) is 18.2 Å². The molecule has 0 saturated carbocycles. The number of ketones is 2. The number of carbonyl (C=O) groups is 2. The van der Waals surface area contributed by atoms with E-state index in [0.29, 0.717) is 29.2 Å². The minimum Gasteiger partial charge on any atom is -0.497 e. The van der Waals surface area contributed by atoms with Crippen molar-refractivity contribution in [2.24, 2.45) is 11.0 Å². The fourth-order valence-electron chi connectivity index (χ4n) is 2.91. The number of rotatable bonds is 12. The minimum absolute atomic E-state index is 0.189. The molecule has 8 nitrogen and oxygen atoms in total. The number of ether oxygens (including phenoxy) is 3. The van der Waals surface area contributed by atoms with Crippen molar-refractivity contribution in [2.45, 2.75) is 13.3 Å². The van der Waals surface area contributed by atoms with Crippen molar-refractivity contribution in [1.82, 2.24) is 0 Å². The first-order valence-corrected chi connectivity index (χ1v) is 9.92. The molecule has 0 aliphatic carbocycles. The first-order chi connectivity index (χ1) is 15.5. The highest BCUT2D eigenvalue weighted by atomic mass is 16.5. The van der Waals surface area contributed by atoms with Gasteiger partial charge in [-0.2, -0.15) is 0 Å². The van der Waals surface area contributed by atoms with Crippen molar-refractivity contribution in [3.63, 3.8) is 0 Å². The van der Waals surface area contributed by atoms with Gasteiger partial charge >= 0.3 is 0 Å². The maximum absolute atomic E-state index is 12.6. The Balaban J connectivity index is 2.11. The van der Waals surface area contributed by atoms with E-state index in [0.717, 1.165) is 5.56 Å². The van der Waals surface area contributed by atoms with Gasteiger partial charge in [-0.1, -0.05) is 42.4 Å². The summed E-state index contributed by atoms with van der Waals surface area (Å²) in [5.74, 6) is 0.197. The van der Waals surface area contributed by atoms with Crippen LogP contribution in [0.3, 0.4) is 0 Å². The van der Waals surface area contributed by atoms with Gasteiger partial charge in [0.2, 0.25) is 0 Å². The molecule has 0 spiro atoms. The molecule has 0 aromatic heterocycles. The lowest BCUT2D eigenvalue weighted by Crippen LogP contribution is -2.20. The Morgan fingerprint density at radius 1 is 1.00 bits per heavy atom. The van der Waals surface area contributed by atoms with E-state index in [2.05, 4.69) is 10.0 Å². The molecule has 166 valence electrons. The average molecular weight is 435 g/mol. The molecule has 8 heteroatoms. The van der Waals surface area contributed by atoms with Crippen LogP contribution in [0.5, 0.6) is 17.2 Å². The van der Waals surface area contributed by atoms with Gasteiger partial charge in [0.15, 0.2) is 29.8 Å². The third kappa shape index (κ3) is 7.04. The summed E-state index contributed by atoms with van der Waals surface area (Å²) in [6.07, 6.45) is 6.45. The normalized spacial score (nSPS) is 11.7. The molecule has 0 aliphatic heterocycles. The molecular weight excluding hydrogens is 410 g/mol. The third-order valence-electron chi connectivity index (χ3n) is 4.60. The quantitative estimate of drug-likeness (QED) is 0.149. The minimum atomic E-state index is -0.771. The summed E-state index contributed by atoms with van der Waals surface area (Å²) in [5, 5.41) is 3.33. The van der Waals surface area contributed by atoms with Crippen LogP contribution in [0.2, 0.25) is 0 Å². The number of nitrogens with zero attached hydrogens (tertiary/aromatic N) is 3. The zero-order valence-electron chi connectivity index (χ0n) is 18.2. The molecule has 0 N–H and O–H groups in total. The lowest BCUT2D eigenvalue weighted by molar-refractivity contribution is -0.127. The van der Waals surface area contributed by atoms with Gasteiger partial charge in [-0.25, -0.2) is 0 Å². The molecule has 2 aromatic carbocycles. The summed E-state index contributed by atoms with van der Waals surface area (Å²) in [7, 11) is 3.07. The van der Waals surface area contributed by atoms with Crippen molar-refractivity contribution in [3.05, 3.63) is 76.2 Å². The van der Waals surface area contributed by atoms with Crippen LogP contribution in [-0.2, 0) is 9.59 Å². The highest BCUT2D eigenvalue weighted by Gasteiger charge is 2.20. The zero-order valence-corrected chi connectivity index (χ0v) is 18.2. The summed E-state index contributed by atoms with van der Waals surface area (Å²) in [6.45, 7) is 1.60. The molecule has 1 atom stereocenters. The van der Waals surface area contributed by atoms with E-state index >= 15 is 0 Å². The highest BCUT2D eigenvalue weighted by Crippen LogP contribution is 2.28. The summed E-state index contributed by atoms with van der Waals surface area (Å²) < 4.78 is 15.8. The number of hydrogen-bond donors (Lipinski definition) is 0. The number of hydrogen-bond acceptors (Lipinski definition) is 6. The molecule has 0 amide bonds. The summed E-state index contributed by atoms with van der Waals surface area (Å²) in [6, 6.07) is 12.4. The molecule has 2 rings (SSSR count). The Hall–Kier alpha value is -4.03. The monoisotopic (exact) mass is 435 g/mol. The van der Waals surface area contributed by atoms with Crippen molar-refractivity contribution in [1.29, 1.82) is 0 Å². The molecule has 0 fully saturated rings. The predicted molar refractivity (Wildman–Crippen MR) is 122 cm³/mol.